The molecule has 2 heterocycles. The van der Waals surface area contributed by atoms with Crippen molar-refractivity contribution in [1.29, 1.82) is 0 Å². The fraction of sp³-hybridized carbons (Fsp3) is 0.524. The number of hydrogen-bond donors (Lipinski definition) is 0. The van der Waals surface area contributed by atoms with Crippen LogP contribution in [0.4, 0.5) is 13.2 Å². The third-order valence-corrected chi connectivity index (χ3v) is 5.14. The van der Waals surface area contributed by atoms with Crippen molar-refractivity contribution >= 4 is 0 Å². The van der Waals surface area contributed by atoms with Crippen LogP contribution in [0.25, 0.3) is 0 Å². The van der Waals surface area contributed by atoms with Crippen molar-refractivity contribution in [2.75, 3.05) is 20.2 Å². The number of ether oxygens (including phenoxy) is 1. The van der Waals surface area contributed by atoms with E-state index in [2.05, 4.69) is 14.9 Å². The molecule has 0 saturated carbocycles. The number of nitrogens with zero attached hydrogens (tertiary/aromatic N) is 3. The molecule has 1 aromatic carbocycles. The standard InChI is InChI=1S/C21H26F3N3O/c1-28-15-20-25-11-18(12-26-20)14-27-9-3-5-17(13-27)8-7-16-4-2-6-19(10-16)21(22,23)24/h2,4,6,10-12,17H,3,5,7-9,13-15H2,1H3/t17-/m0/s1. The molecule has 0 radical (unpaired) electrons. The van der Waals surface area contributed by atoms with Crippen molar-refractivity contribution in [3.05, 3.63) is 59.2 Å². The van der Waals surface area contributed by atoms with Crippen molar-refractivity contribution in [2.24, 2.45) is 5.92 Å². The Bertz CT molecular complexity index is 749. The van der Waals surface area contributed by atoms with Gasteiger partial charge in [-0.25, -0.2) is 9.97 Å². The monoisotopic (exact) mass is 393 g/mol. The highest BCUT2D eigenvalue weighted by Gasteiger charge is 2.30. The summed E-state index contributed by atoms with van der Waals surface area (Å²) in [5.74, 6) is 1.17. The van der Waals surface area contributed by atoms with E-state index < -0.39 is 11.7 Å². The Morgan fingerprint density at radius 2 is 1.96 bits per heavy atom. The molecule has 1 fully saturated rings. The van der Waals surface area contributed by atoms with Gasteiger partial charge < -0.3 is 4.74 Å². The molecule has 0 spiro atoms. The number of aryl methyl sites for hydroxylation is 1. The van der Waals surface area contributed by atoms with Gasteiger partial charge in [0.1, 0.15) is 6.61 Å². The minimum absolute atomic E-state index is 0.404. The number of hydrogen-bond acceptors (Lipinski definition) is 4. The molecule has 0 amide bonds. The number of benzene rings is 1. The van der Waals surface area contributed by atoms with E-state index in [1.165, 1.54) is 12.1 Å². The number of alkyl halides is 3. The van der Waals surface area contributed by atoms with Gasteiger partial charge >= 0.3 is 6.18 Å². The molecule has 1 aliphatic rings. The van der Waals surface area contributed by atoms with Crippen LogP contribution in [0.15, 0.2) is 36.7 Å². The lowest BCUT2D eigenvalue weighted by Crippen LogP contribution is -2.35. The van der Waals surface area contributed by atoms with Gasteiger partial charge in [0.25, 0.3) is 0 Å². The van der Waals surface area contributed by atoms with Crippen LogP contribution in [-0.4, -0.2) is 35.1 Å². The molecule has 0 unspecified atom stereocenters. The van der Waals surface area contributed by atoms with Crippen molar-refractivity contribution < 1.29 is 17.9 Å². The molecular formula is C21H26F3N3O. The first-order valence-corrected chi connectivity index (χ1v) is 9.61. The second kappa shape index (κ2) is 9.47. The smallest absolute Gasteiger partial charge is 0.377 e. The average molecular weight is 393 g/mol. The molecule has 1 atom stereocenters. The van der Waals surface area contributed by atoms with Crippen LogP contribution >= 0.6 is 0 Å². The maximum Gasteiger partial charge on any atom is 0.416 e. The average Bonchev–Trinajstić information content (AvgIpc) is 2.68. The van der Waals surface area contributed by atoms with Gasteiger partial charge in [-0.15, -0.1) is 0 Å². The van der Waals surface area contributed by atoms with Gasteiger partial charge in [-0.2, -0.15) is 13.2 Å². The van der Waals surface area contributed by atoms with Gasteiger partial charge in [0.15, 0.2) is 5.82 Å². The Morgan fingerprint density at radius 3 is 2.68 bits per heavy atom. The van der Waals surface area contributed by atoms with Gasteiger partial charge in [-0.3, -0.25) is 4.90 Å². The maximum atomic E-state index is 12.9. The molecule has 7 heteroatoms. The molecule has 0 aliphatic carbocycles. The number of likely N-dealkylation sites (tertiary alicyclic amines) is 1. The summed E-state index contributed by atoms with van der Waals surface area (Å²) in [6.07, 6.45) is 3.21. The van der Waals surface area contributed by atoms with Gasteiger partial charge in [-0.05, 0) is 49.8 Å². The quantitative estimate of drug-likeness (QED) is 0.695. The molecule has 1 aromatic heterocycles. The number of rotatable bonds is 7. The van der Waals surface area contributed by atoms with Crippen molar-refractivity contribution in [3.63, 3.8) is 0 Å². The van der Waals surface area contributed by atoms with E-state index in [4.69, 9.17) is 4.74 Å². The first-order chi connectivity index (χ1) is 13.4. The third kappa shape index (κ3) is 6.01. The Hall–Kier alpha value is -1.99. The van der Waals surface area contributed by atoms with Crippen LogP contribution in [0.1, 0.15) is 41.8 Å². The van der Waals surface area contributed by atoms with Gasteiger partial charge in [0.05, 0.1) is 5.56 Å². The lowest BCUT2D eigenvalue weighted by atomic mass is 9.91. The highest BCUT2D eigenvalue weighted by molar-refractivity contribution is 5.25. The minimum Gasteiger partial charge on any atom is -0.377 e. The van der Waals surface area contributed by atoms with E-state index in [0.29, 0.717) is 24.8 Å². The molecule has 152 valence electrons. The van der Waals surface area contributed by atoms with Crippen LogP contribution < -0.4 is 0 Å². The molecule has 0 bridgehead atoms. The third-order valence-electron chi connectivity index (χ3n) is 5.14. The summed E-state index contributed by atoms with van der Waals surface area (Å²) in [6, 6.07) is 5.69. The zero-order chi connectivity index (χ0) is 20.0. The van der Waals surface area contributed by atoms with E-state index in [0.717, 1.165) is 56.1 Å². The summed E-state index contributed by atoms with van der Waals surface area (Å²) in [7, 11) is 1.62. The Kier molecular flexibility index (Phi) is 7.02. The van der Waals surface area contributed by atoms with Gasteiger partial charge in [0.2, 0.25) is 0 Å². The Balaban J connectivity index is 1.51. The van der Waals surface area contributed by atoms with E-state index in [9.17, 15) is 13.2 Å². The lowest BCUT2D eigenvalue weighted by Gasteiger charge is -2.32. The summed E-state index contributed by atoms with van der Waals surface area (Å²) in [5.41, 5.74) is 1.26. The van der Waals surface area contributed by atoms with E-state index in [1.807, 2.05) is 12.4 Å². The molecule has 4 nitrogen and oxygen atoms in total. The van der Waals surface area contributed by atoms with Crippen molar-refractivity contribution in [2.45, 2.75) is 45.0 Å². The number of piperidine rings is 1. The molecule has 1 aliphatic heterocycles. The predicted molar refractivity (Wildman–Crippen MR) is 101 cm³/mol. The summed E-state index contributed by atoms with van der Waals surface area (Å²) in [6.45, 7) is 3.19. The van der Waals surface area contributed by atoms with Crippen molar-refractivity contribution in [3.8, 4) is 0 Å². The zero-order valence-corrected chi connectivity index (χ0v) is 16.1. The van der Waals surface area contributed by atoms with Crippen molar-refractivity contribution in [1.82, 2.24) is 14.9 Å². The topological polar surface area (TPSA) is 38.2 Å². The van der Waals surface area contributed by atoms with Gasteiger partial charge in [-0.1, -0.05) is 18.2 Å². The minimum atomic E-state index is -4.28. The fourth-order valence-corrected chi connectivity index (χ4v) is 3.73. The van der Waals surface area contributed by atoms with Crippen LogP contribution in [-0.2, 0) is 30.5 Å². The second-order valence-electron chi connectivity index (χ2n) is 7.42. The first kappa shape index (κ1) is 20.7. The van der Waals surface area contributed by atoms with E-state index in [1.54, 1.807) is 13.2 Å². The largest absolute Gasteiger partial charge is 0.416 e. The molecular weight excluding hydrogens is 367 g/mol. The van der Waals surface area contributed by atoms with Crippen LogP contribution in [0, 0.1) is 5.92 Å². The van der Waals surface area contributed by atoms with Crippen LogP contribution in [0.5, 0.6) is 0 Å². The fourth-order valence-electron chi connectivity index (χ4n) is 3.73. The second-order valence-corrected chi connectivity index (χ2v) is 7.42. The summed E-state index contributed by atoms with van der Waals surface area (Å²) in [4.78, 5) is 11.0. The SMILES string of the molecule is COCc1ncc(CN2CCC[C@@H](CCc3cccc(C(F)(F)F)c3)C2)cn1. The van der Waals surface area contributed by atoms with E-state index in [-0.39, 0.29) is 0 Å². The summed E-state index contributed by atoms with van der Waals surface area (Å²) < 4.78 is 43.6. The van der Waals surface area contributed by atoms with Gasteiger partial charge in [0, 0.05) is 38.2 Å². The van der Waals surface area contributed by atoms with E-state index >= 15 is 0 Å². The normalized spacial score (nSPS) is 18.4. The number of methoxy groups -OCH3 is 1. The maximum absolute atomic E-state index is 12.9. The highest BCUT2D eigenvalue weighted by atomic mass is 19.4. The predicted octanol–water partition coefficient (Wildman–Crippen LogP) is 4.49. The number of halogens is 3. The molecule has 3 rings (SSSR count). The number of aromatic nitrogens is 2. The molecule has 0 N–H and O–H groups in total. The summed E-state index contributed by atoms with van der Waals surface area (Å²) >= 11 is 0. The van der Waals surface area contributed by atoms with Crippen LogP contribution in [0.3, 0.4) is 0 Å². The molecule has 1 saturated heterocycles. The molecule has 2 aromatic rings. The zero-order valence-electron chi connectivity index (χ0n) is 16.1. The Labute approximate surface area is 163 Å². The Morgan fingerprint density at radius 1 is 1.18 bits per heavy atom. The van der Waals surface area contributed by atoms with Crippen LogP contribution in [0.2, 0.25) is 0 Å². The summed E-state index contributed by atoms with van der Waals surface area (Å²) in [5, 5.41) is 0. The molecule has 28 heavy (non-hydrogen) atoms. The first-order valence-electron chi connectivity index (χ1n) is 9.61. The highest BCUT2D eigenvalue weighted by Crippen LogP contribution is 2.30. The lowest BCUT2D eigenvalue weighted by molar-refractivity contribution is -0.137.